The van der Waals surface area contributed by atoms with Gasteiger partial charge in [-0.05, 0) is 53.4 Å². The fourth-order valence-corrected chi connectivity index (χ4v) is 2.48. The first kappa shape index (κ1) is 13.9. The first-order chi connectivity index (χ1) is 7.60. The molecule has 16 heavy (non-hydrogen) atoms. The molecule has 1 saturated carbocycles. The summed E-state index contributed by atoms with van der Waals surface area (Å²) in [5.41, 5.74) is 0.472. The van der Waals surface area contributed by atoms with E-state index < -0.39 is 0 Å². The highest BCUT2D eigenvalue weighted by Crippen LogP contribution is 2.36. The monoisotopic (exact) mass is 227 g/mol. The number of hydrogen-bond donors (Lipinski definition) is 1. The molecule has 0 aromatic heterocycles. The first-order valence-corrected chi connectivity index (χ1v) is 6.67. The Labute approximate surface area is 101 Å². The maximum absolute atomic E-state index is 3.46. The molecule has 1 fully saturated rings. The molecule has 1 aliphatic carbocycles. The van der Waals surface area contributed by atoms with E-state index in [0.717, 1.165) is 19.6 Å². The van der Waals surface area contributed by atoms with Crippen molar-refractivity contribution in [3.8, 4) is 0 Å². The van der Waals surface area contributed by atoms with Crippen molar-refractivity contribution >= 4 is 0 Å². The SMILES string of the molecule is CCCNCCN(C)CC1(N(C)C)CCC1. The third kappa shape index (κ3) is 3.72. The van der Waals surface area contributed by atoms with E-state index in [0.29, 0.717) is 5.54 Å². The normalized spacial score (nSPS) is 19.1. The number of rotatable bonds is 8. The van der Waals surface area contributed by atoms with E-state index in [9.17, 15) is 0 Å². The van der Waals surface area contributed by atoms with Crippen LogP contribution in [0.1, 0.15) is 32.6 Å². The molecule has 0 saturated heterocycles. The van der Waals surface area contributed by atoms with E-state index in [1.165, 1.54) is 32.2 Å². The Morgan fingerprint density at radius 3 is 2.25 bits per heavy atom. The average Bonchev–Trinajstić information content (AvgIpc) is 2.18. The van der Waals surface area contributed by atoms with E-state index in [4.69, 9.17) is 0 Å². The van der Waals surface area contributed by atoms with Gasteiger partial charge in [-0.15, -0.1) is 0 Å². The van der Waals surface area contributed by atoms with Gasteiger partial charge in [-0.25, -0.2) is 0 Å². The summed E-state index contributed by atoms with van der Waals surface area (Å²) in [5, 5.41) is 3.46. The molecular weight excluding hydrogens is 198 g/mol. The van der Waals surface area contributed by atoms with Gasteiger partial charge in [0.2, 0.25) is 0 Å². The van der Waals surface area contributed by atoms with Gasteiger partial charge in [0.15, 0.2) is 0 Å². The maximum atomic E-state index is 3.46. The zero-order valence-corrected chi connectivity index (χ0v) is 11.6. The molecule has 96 valence electrons. The Kier molecular flexibility index (Phi) is 5.73. The van der Waals surface area contributed by atoms with E-state index >= 15 is 0 Å². The second-order valence-electron chi connectivity index (χ2n) is 5.46. The Morgan fingerprint density at radius 2 is 1.81 bits per heavy atom. The van der Waals surface area contributed by atoms with Crippen LogP contribution in [0.3, 0.4) is 0 Å². The standard InChI is InChI=1S/C13H29N3/c1-5-9-14-10-11-16(4)12-13(15(2)3)7-6-8-13/h14H,5-12H2,1-4H3. The second-order valence-corrected chi connectivity index (χ2v) is 5.46. The van der Waals surface area contributed by atoms with Crippen LogP contribution in [0.2, 0.25) is 0 Å². The van der Waals surface area contributed by atoms with Crippen LogP contribution in [0, 0.1) is 0 Å². The van der Waals surface area contributed by atoms with Gasteiger partial charge in [-0.1, -0.05) is 6.92 Å². The molecule has 1 aliphatic rings. The van der Waals surface area contributed by atoms with Crippen molar-refractivity contribution in [1.29, 1.82) is 0 Å². The molecule has 0 spiro atoms. The van der Waals surface area contributed by atoms with Crippen LogP contribution in [0.4, 0.5) is 0 Å². The molecule has 1 rings (SSSR count). The van der Waals surface area contributed by atoms with Crippen molar-refractivity contribution in [2.45, 2.75) is 38.1 Å². The molecule has 1 N–H and O–H groups in total. The van der Waals surface area contributed by atoms with Crippen LogP contribution in [-0.4, -0.2) is 62.7 Å². The molecule has 0 aliphatic heterocycles. The summed E-state index contributed by atoms with van der Waals surface area (Å²) in [5.74, 6) is 0. The van der Waals surface area contributed by atoms with Crippen molar-refractivity contribution in [1.82, 2.24) is 15.1 Å². The van der Waals surface area contributed by atoms with Crippen LogP contribution in [0.5, 0.6) is 0 Å². The lowest BCUT2D eigenvalue weighted by Crippen LogP contribution is -2.57. The quantitative estimate of drug-likeness (QED) is 0.632. The lowest BCUT2D eigenvalue weighted by Gasteiger charge is -2.49. The highest BCUT2D eigenvalue weighted by atomic mass is 15.2. The van der Waals surface area contributed by atoms with Crippen molar-refractivity contribution < 1.29 is 0 Å². The minimum absolute atomic E-state index is 0.472. The van der Waals surface area contributed by atoms with E-state index in [1.54, 1.807) is 0 Å². The summed E-state index contributed by atoms with van der Waals surface area (Å²) in [6.45, 7) is 6.86. The lowest BCUT2D eigenvalue weighted by atomic mass is 9.75. The van der Waals surface area contributed by atoms with Crippen molar-refractivity contribution in [3.63, 3.8) is 0 Å². The number of hydrogen-bond acceptors (Lipinski definition) is 3. The third-order valence-electron chi connectivity index (χ3n) is 3.89. The summed E-state index contributed by atoms with van der Waals surface area (Å²) in [6.07, 6.45) is 5.37. The van der Waals surface area contributed by atoms with Gasteiger partial charge in [0, 0.05) is 25.2 Å². The number of nitrogens with one attached hydrogen (secondary N) is 1. The molecular formula is C13H29N3. The minimum Gasteiger partial charge on any atom is -0.315 e. The molecule has 3 nitrogen and oxygen atoms in total. The Morgan fingerprint density at radius 1 is 1.12 bits per heavy atom. The molecule has 0 bridgehead atoms. The zero-order chi connectivity index (χ0) is 12.0. The topological polar surface area (TPSA) is 18.5 Å². The molecule has 0 aromatic carbocycles. The van der Waals surface area contributed by atoms with Gasteiger partial charge in [0.05, 0.1) is 0 Å². The fraction of sp³-hybridized carbons (Fsp3) is 1.00. The van der Waals surface area contributed by atoms with E-state index in [2.05, 4.69) is 43.2 Å². The van der Waals surface area contributed by atoms with E-state index in [1.807, 2.05) is 0 Å². The van der Waals surface area contributed by atoms with Gasteiger partial charge < -0.3 is 15.1 Å². The third-order valence-corrected chi connectivity index (χ3v) is 3.89. The molecule has 0 unspecified atom stereocenters. The Hall–Kier alpha value is -0.120. The molecule has 0 heterocycles. The van der Waals surface area contributed by atoms with Crippen molar-refractivity contribution in [2.24, 2.45) is 0 Å². The van der Waals surface area contributed by atoms with Gasteiger partial charge in [-0.2, -0.15) is 0 Å². The van der Waals surface area contributed by atoms with Gasteiger partial charge in [-0.3, -0.25) is 0 Å². The molecule has 0 amide bonds. The summed E-state index contributed by atoms with van der Waals surface area (Å²) in [4.78, 5) is 4.90. The van der Waals surface area contributed by atoms with Gasteiger partial charge in [0.1, 0.15) is 0 Å². The smallest absolute Gasteiger partial charge is 0.0330 e. The molecule has 0 aromatic rings. The number of likely N-dealkylation sites (N-methyl/N-ethyl adjacent to an activating group) is 2. The van der Waals surface area contributed by atoms with Crippen molar-refractivity contribution in [2.75, 3.05) is 47.3 Å². The fourth-order valence-electron chi connectivity index (χ4n) is 2.48. The van der Waals surface area contributed by atoms with Gasteiger partial charge >= 0.3 is 0 Å². The van der Waals surface area contributed by atoms with Crippen LogP contribution in [0.15, 0.2) is 0 Å². The van der Waals surface area contributed by atoms with Crippen LogP contribution >= 0.6 is 0 Å². The minimum atomic E-state index is 0.472. The zero-order valence-electron chi connectivity index (χ0n) is 11.6. The highest BCUT2D eigenvalue weighted by Gasteiger charge is 2.39. The van der Waals surface area contributed by atoms with Crippen LogP contribution in [-0.2, 0) is 0 Å². The average molecular weight is 227 g/mol. The molecule has 0 radical (unpaired) electrons. The van der Waals surface area contributed by atoms with Gasteiger partial charge in [0.25, 0.3) is 0 Å². The number of nitrogens with zero attached hydrogens (tertiary/aromatic N) is 2. The van der Waals surface area contributed by atoms with Crippen LogP contribution < -0.4 is 5.32 Å². The predicted octanol–water partition coefficient (Wildman–Crippen LogP) is 1.40. The summed E-state index contributed by atoms with van der Waals surface area (Å²) < 4.78 is 0. The maximum Gasteiger partial charge on any atom is 0.0330 e. The van der Waals surface area contributed by atoms with E-state index in [-0.39, 0.29) is 0 Å². The van der Waals surface area contributed by atoms with Crippen LogP contribution in [0.25, 0.3) is 0 Å². The Balaban J connectivity index is 2.19. The summed E-state index contributed by atoms with van der Waals surface area (Å²) in [6, 6.07) is 0. The Bertz CT molecular complexity index is 188. The molecule has 0 atom stereocenters. The molecule has 3 heteroatoms. The summed E-state index contributed by atoms with van der Waals surface area (Å²) >= 11 is 0. The second kappa shape index (κ2) is 6.58. The highest BCUT2D eigenvalue weighted by molar-refractivity contribution is 4.97. The first-order valence-electron chi connectivity index (χ1n) is 6.67. The predicted molar refractivity (Wildman–Crippen MR) is 70.9 cm³/mol. The summed E-state index contributed by atoms with van der Waals surface area (Å²) in [7, 11) is 6.70. The van der Waals surface area contributed by atoms with Crippen molar-refractivity contribution in [3.05, 3.63) is 0 Å². The largest absolute Gasteiger partial charge is 0.315 e. The lowest BCUT2D eigenvalue weighted by molar-refractivity contribution is 0.0282.